The lowest BCUT2D eigenvalue weighted by atomic mass is 10.2. The van der Waals surface area contributed by atoms with Crippen molar-refractivity contribution in [1.29, 1.82) is 0 Å². The van der Waals surface area contributed by atoms with Crippen LogP contribution < -0.4 is 14.9 Å². The molecule has 0 heterocycles. The minimum absolute atomic E-state index is 0.692. The molecular formula is C10H28N4Si. The largest absolute Gasteiger partial charge is 0.368 e. The number of rotatable bonds is 8. The van der Waals surface area contributed by atoms with E-state index in [-0.39, 0.29) is 0 Å². The molecule has 15 heavy (non-hydrogen) atoms. The SMILES string of the molecule is CCN[Si](NC)(NC)N(CC)CC(C)C. The Bertz CT molecular complexity index is 160. The Labute approximate surface area is 96.1 Å². The van der Waals surface area contributed by atoms with Crippen molar-refractivity contribution in [2.45, 2.75) is 27.7 Å². The van der Waals surface area contributed by atoms with Gasteiger partial charge in [0.1, 0.15) is 0 Å². The van der Waals surface area contributed by atoms with E-state index in [2.05, 4.69) is 47.2 Å². The Morgan fingerprint density at radius 1 is 1.13 bits per heavy atom. The highest BCUT2D eigenvalue weighted by atomic mass is 28.4. The van der Waals surface area contributed by atoms with E-state index in [1.165, 1.54) is 0 Å². The fraction of sp³-hybridized carbons (Fsp3) is 1.00. The van der Waals surface area contributed by atoms with Crippen LogP contribution in [0.3, 0.4) is 0 Å². The summed E-state index contributed by atoms with van der Waals surface area (Å²) >= 11 is 0. The second-order valence-electron chi connectivity index (χ2n) is 4.17. The smallest absolute Gasteiger partial charge is 0.303 e. The van der Waals surface area contributed by atoms with Crippen LogP contribution in [0.2, 0.25) is 0 Å². The van der Waals surface area contributed by atoms with Gasteiger partial charge in [-0.15, -0.1) is 0 Å². The molecule has 0 radical (unpaired) electrons. The molecule has 5 heteroatoms. The van der Waals surface area contributed by atoms with Crippen LogP contribution in [-0.4, -0.2) is 47.0 Å². The average Bonchev–Trinajstić information content (AvgIpc) is 2.23. The Morgan fingerprint density at radius 3 is 1.93 bits per heavy atom. The van der Waals surface area contributed by atoms with Gasteiger partial charge < -0.3 is 14.9 Å². The predicted octanol–water partition coefficient (Wildman–Crippen LogP) is 0.448. The maximum atomic E-state index is 3.59. The van der Waals surface area contributed by atoms with Gasteiger partial charge in [-0.1, -0.05) is 27.7 Å². The molecule has 92 valence electrons. The number of nitrogens with zero attached hydrogens (tertiary/aromatic N) is 1. The van der Waals surface area contributed by atoms with Crippen molar-refractivity contribution in [2.75, 3.05) is 33.7 Å². The maximum absolute atomic E-state index is 3.59. The molecule has 0 atom stereocenters. The standard InChI is InChI=1S/C10H28N4Si/c1-7-13-15(11-5,12-6)14(8-2)9-10(3)4/h10-13H,7-9H2,1-6H3. The van der Waals surface area contributed by atoms with Gasteiger partial charge in [0.05, 0.1) is 0 Å². The van der Waals surface area contributed by atoms with E-state index in [1.54, 1.807) is 0 Å². The summed E-state index contributed by atoms with van der Waals surface area (Å²) in [6.07, 6.45) is 0. The molecule has 0 saturated heterocycles. The molecule has 0 aliphatic rings. The summed E-state index contributed by atoms with van der Waals surface area (Å²) in [5, 5.41) is 0. The van der Waals surface area contributed by atoms with Crippen LogP contribution in [0.15, 0.2) is 0 Å². The molecule has 0 rings (SSSR count). The molecule has 0 aliphatic heterocycles. The molecule has 0 fully saturated rings. The van der Waals surface area contributed by atoms with E-state index in [0.717, 1.165) is 19.6 Å². The molecule has 4 nitrogen and oxygen atoms in total. The summed E-state index contributed by atoms with van der Waals surface area (Å²) in [4.78, 5) is 10.5. The molecule has 0 aromatic carbocycles. The highest BCUT2D eigenvalue weighted by Crippen LogP contribution is 2.04. The van der Waals surface area contributed by atoms with E-state index in [4.69, 9.17) is 0 Å². The zero-order valence-electron chi connectivity index (χ0n) is 11.1. The van der Waals surface area contributed by atoms with Gasteiger partial charge in [0.25, 0.3) is 0 Å². The van der Waals surface area contributed by atoms with Crippen LogP contribution in [0.4, 0.5) is 0 Å². The van der Waals surface area contributed by atoms with Crippen LogP contribution in [0.5, 0.6) is 0 Å². The summed E-state index contributed by atoms with van der Waals surface area (Å²) in [6.45, 7) is 12.1. The molecule has 0 amide bonds. The lowest BCUT2D eigenvalue weighted by molar-refractivity contribution is 0.356. The van der Waals surface area contributed by atoms with Crippen LogP contribution >= 0.6 is 0 Å². The Kier molecular flexibility index (Phi) is 7.38. The van der Waals surface area contributed by atoms with E-state index in [9.17, 15) is 0 Å². The highest BCUT2D eigenvalue weighted by Gasteiger charge is 2.37. The molecule has 0 unspecified atom stereocenters. The molecule has 3 N–H and O–H groups in total. The molecule has 0 spiro atoms. The van der Waals surface area contributed by atoms with Gasteiger partial charge in [0, 0.05) is 0 Å². The first-order chi connectivity index (χ1) is 7.06. The van der Waals surface area contributed by atoms with Crippen molar-refractivity contribution < 1.29 is 0 Å². The first-order valence-electron chi connectivity index (χ1n) is 5.94. The third-order valence-electron chi connectivity index (χ3n) is 2.60. The minimum Gasteiger partial charge on any atom is -0.303 e. The van der Waals surface area contributed by atoms with Crippen molar-refractivity contribution in [3.8, 4) is 0 Å². The molecule has 0 saturated carbocycles. The van der Waals surface area contributed by atoms with Crippen molar-refractivity contribution >= 4 is 8.72 Å². The number of nitrogens with one attached hydrogen (secondary N) is 3. The van der Waals surface area contributed by atoms with E-state index < -0.39 is 8.72 Å². The summed E-state index contributed by atoms with van der Waals surface area (Å²) in [7, 11) is 2.22. The summed E-state index contributed by atoms with van der Waals surface area (Å²) in [5.74, 6) is 0.692. The number of hydrogen-bond donors (Lipinski definition) is 3. The first kappa shape index (κ1) is 15.1. The third kappa shape index (κ3) is 4.20. The lowest BCUT2D eigenvalue weighted by Gasteiger charge is -2.41. The lowest BCUT2D eigenvalue weighted by Crippen LogP contribution is -2.80. The normalized spacial score (nSPS) is 12.8. The Hall–Kier alpha value is 0.0569. The first-order valence-corrected chi connectivity index (χ1v) is 7.88. The zero-order valence-corrected chi connectivity index (χ0v) is 12.1. The van der Waals surface area contributed by atoms with Crippen molar-refractivity contribution in [3.05, 3.63) is 0 Å². The topological polar surface area (TPSA) is 39.3 Å². The van der Waals surface area contributed by atoms with E-state index in [0.29, 0.717) is 5.92 Å². The van der Waals surface area contributed by atoms with Crippen LogP contribution in [0, 0.1) is 5.92 Å². The van der Waals surface area contributed by atoms with Crippen LogP contribution in [-0.2, 0) is 0 Å². The van der Waals surface area contributed by atoms with Gasteiger partial charge in [0.15, 0.2) is 0 Å². The van der Waals surface area contributed by atoms with Gasteiger partial charge in [0.2, 0.25) is 0 Å². The quantitative estimate of drug-likeness (QED) is 0.531. The molecule has 0 aromatic rings. The van der Waals surface area contributed by atoms with Gasteiger partial charge >= 0.3 is 8.72 Å². The predicted molar refractivity (Wildman–Crippen MR) is 69.6 cm³/mol. The molecule has 0 aromatic heterocycles. The van der Waals surface area contributed by atoms with Crippen molar-refractivity contribution in [2.24, 2.45) is 5.92 Å². The summed E-state index contributed by atoms with van der Waals surface area (Å²) in [5.41, 5.74) is 0. The monoisotopic (exact) mass is 232 g/mol. The van der Waals surface area contributed by atoms with E-state index in [1.807, 2.05) is 14.1 Å². The van der Waals surface area contributed by atoms with Gasteiger partial charge in [-0.2, -0.15) is 0 Å². The zero-order chi connectivity index (χ0) is 11.9. The second kappa shape index (κ2) is 7.35. The maximum Gasteiger partial charge on any atom is 0.368 e. The molecule has 0 bridgehead atoms. The Morgan fingerprint density at radius 2 is 1.67 bits per heavy atom. The fourth-order valence-corrected chi connectivity index (χ4v) is 5.01. The van der Waals surface area contributed by atoms with Gasteiger partial charge in [-0.3, -0.25) is 4.57 Å². The Balaban J connectivity index is 4.66. The van der Waals surface area contributed by atoms with E-state index >= 15 is 0 Å². The average molecular weight is 232 g/mol. The van der Waals surface area contributed by atoms with Crippen molar-refractivity contribution in [3.63, 3.8) is 0 Å². The van der Waals surface area contributed by atoms with Crippen molar-refractivity contribution in [1.82, 2.24) is 19.5 Å². The summed E-state index contributed by atoms with van der Waals surface area (Å²) < 4.78 is 2.52. The van der Waals surface area contributed by atoms with Gasteiger partial charge in [-0.25, -0.2) is 0 Å². The third-order valence-corrected chi connectivity index (χ3v) is 6.36. The molecule has 0 aliphatic carbocycles. The summed E-state index contributed by atoms with van der Waals surface area (Å²) in [6, 6.07) is 0. The van der Waals surface area contributed by atoms with Crippen LogP contribution in [0.1, 0.15) is 27.7 Å². The highest BCUT2D eigenvalue weighted by molar-refractivity contribution is 6.69. The number of hydrogen-bond acceptors (Lipinski definition) is 4. The fourth-order valence-electron chi connectivity index (χ4n) is 1.93. The van der Waals surface area contributed by atoms with Gasteiger partial charge in [-0.05, 0) is 39.6 Å². The minimum atomic E-state index is -1.85. The second-order valence-corrected chi connectivity index (χ2v) is 7.58. The molecular weight excluding hydrogens is 204 g/mol. The van der Waals surface area contributed by atoms with Crippen LogP contribution in [0.25, 0.3) is 0 Å².